The van der Waals surface area contributed by atoms with Gasteiger partial charge in [0.25, 0.3) is 5.91 Å². The van der Waals surface area contributed by atoms with Crippen molar-refractivity contribution < 1.29 is 14.3 Å². The number of nitrogens with one attached hydrogen (secondary N) is 2. The van der Waals surface area contributed by atoms with E-state index >= 15 is 0 Å². The van der Waals surface area contributed by atoms with Gasteiger partial charge in [0.15, 0.2) is 0 Å². The van der Waals surface area contributed by atoms with Crippen molar-refractivity contribution in [1.82, 2.24) is 4.90 Å². The first-order valence-corrected chi connectivity index (χ1v) is 13.6. The van der Waals surface area contributed by atoms with Gasteiger partial charge in [-0.3, -0.25) is 10.1 Å². The summed E-state index contributed by atoms with van der Waals surface area (Å²) >= 11 is 0. The molecule has 2 amide bonds. The van der Waals surface area contributed by atoms with E-state index in [0.29, 0.717) is 22.9 Å². The number of hydrogen-bond donors (Lipinski definition) is 3. The molecule has 5 rings (SSSR count). The number of amides is 2. The van der Waals surface area contributed by atoms with Gasteiger partial charge in [0, 0.05) is 48.9 Å². The maximum Gasteiger partial charge on any atom is 0.412 e. The molecule has 1 heterocycles. The van der Waals surface area contributed by atoms with E-state index in [4.69, 9.17) is 10.5 Å². The first kappa shape index (κ1) is 26.7. The molecule has 0 aromatic heterocycles. The number of likely N-dealkylation sites (N-methyl/N-ethyl adjacent to an activating group) is 1. The number of carbonyl (C=O) groups is 2. The Bertz CT molecular complexity index is 1310. The molecule has 39 heavy (non-hydrogen) atoms. The van der Waals surface area contributed by atoms with Crippen LogP contribution >= 0.6 is 0 Å². The Morgan fingerprint density at radius 2 is 1.69 bits per heavy atom. The van der Waals surface area contributed by atoms with Gasteiger partial charge >= 0.3 is 6.09 Å². The zero-order valence-corrected chi connectivity index (χ0v) is 22.7. The molecule has 0 spiro atoms. The number of piperazine rings is 1. The molecule has 1 aliphatic carbocycles. The van der Waals surface area contributed by atoms with Crippen molar-refractivity contribution in [2.24, 2.45) is 5.73 Å². The van der Waals surface area contributed by atoms with Gasteiger partial charge in [-0.1, -0.05) is 49.4 Å². The Labute approximate surface area is 230 Å². The van der Waals surface area contributed by atoms with Crippen LogP contribution in [0.5, 0.6) is 0 Å². The summed E-state index contributed by atoms with van der Waals surface area (Å²) in [6.45, 7) is 5.77. The molecular weight excluding hydrogens is 490 g/mol. The van der Waals surface area contributed by atoms with E-state index in [1.165, 1.54) is 5.56 Å². The number of ether oxygens (including phenoxy) is 1. The average Bonchev–Trinajstić information content (AvgIpc) is 3.65. The van der Waals surface area contributed by atoms with Crippen LogP contribution in [0.4, 0.5) is 21.9 Å². The third-order valence-electron chi connectivity index (χ3n) is 7.90. The molecule has 1 aliphatic heterocycles. The summed E-state index contributed by atoms with van der Waals surface area (Å²) in [7, 11) is 2.10. The minimum atomic E-state index is -0.564. The molecule has 4 N–H and O–H groups in total. The number of rotatable bonds is 8. The fraction of sp³-hybridized carbons (Fsp3) is 0.355. The Hall–Kier alpha value is -3.88. The summed E-state index contributed by atoms with van der Waals surface area (Å²) in [6, 6.07) is 22.9. The predicted molar refractivity (Wildman–Crippen MR) is 155 cm³/mol. The van der Waals surface area contributed by atoms with Gasteiger partial charge in [0.1, 0.15) is 6.61 Å². The molecule has 2 aliphatic rings. The number of nitrogens with zero attached hydrogens (tertiary/aromatic N) is 2. The van der Waals surface area contributed by atoms with E-state index in [-0.39, 0.29) is 18.1 Å². The van der Waals surface area contributed by atoms with Crippen LogP contribution in [-0.4, -0.2) is 55.7 Å². The number of anilines is 3. The van der Waals surface area contributed by atoms with Gasteiger partial charge in [-0.25, -0.2) is 4.79 Å². The standard InChI is InChI=1S/C31H37N5O3/c1-3-31(32)20-26(31)23-9-12-25(13-10-23)33-29(37)24-11-14-28(36-17-15-35(2)16-18-36)27(19-24)34-30(38)39-21-22-7-5-4-6-8-22/h4-14,19,26H,3,15-18,20-21,32H2,1-2H3,(H,33,37)(H,34,38). The highest BCUT2D eigenvalue weighted by atomic mass is 16.5. The monoisotopic (exact) mass is 527 g/mol. The first-order valence-electron chi connectivity index (χ1n) is 13.6. The molecule has 3 aromatic rings. The van der Waals surface area contributed by atoms with Crippen LogP contribution in [0.25, 0.3) is 0 Å². The quantitative estimate of drug-likeness (QED) is 0.380. The van der Waals surface area contributed by atoms with Crippen molar-refractivity contribution in [2.75, 3.05) is 48.8 Å². The van der Waals surface area contributed by atoms with Gasteiger partial charge in [-0.15, -0.1) is 0 Å². The minimum Gasteiger partial charge on any atom is -0.444 e. The molecule has 2 atom stereocenters. The van der Waals surface area contributed by atoms with Gasteiger partial charge in [-0.2, -0.15) is 0 Å². The van der Waals surface area contributed by atoms with E-state index in [9.17, 15) is 9.59 Å². The summed E-state index contributed by atoms with van der Waals surface area (Å²) in [5.74, 6) is 0.131. The Morgan fingerprint density at radius 3 is 2.36 bits per heavy atom. The van der Waals surface area contributed by atoms with E-state index < -0.39 is 6.09 Å². The van der Waals surface area contributed by atoms with Crippen LogP contribution in [0.15, 0.2) is 72.8 Å². The van der Waals surface area contributed by atoms with Crippen LogP contribution in [0.1, 0.15) is 47.2 Å². The molecule has 0 bridgehead atoms. The Kier molecular flexibility index (Phi) is 7.86. The highest BCUT2D eigenvalue weighted by Gasteiger charge is 2.49. The molecule has 3 aromatic carbocycles. The minimum absolute atomic E-state index is 0.0953. The second-order valence-corrected chi connectivity index (χ2v) is 10.6. The molecular formula is C31H37N5O3. The number of hydrogen-bond acceptors (Lipinski definition) is 6. The fourth-order valence-corrected chi connectivity index (χ4v) is 5.13. The van der Waals surface area contributed by atoms with Crippen LogP contribution in [0.2, 0.25) is 0 Å². The first-order chi connectivity index (χ1) is 18.8. The lowest BCUT2D eigenvalue weighted by Gasteiger charge is -2.35. The second kappa shape index (κ2) is 11.5. The van der Waals surface area contributed by atoms with Crippen molar-refractivity contribution in [2.45, 2.75) is 37.8 Å². The van der Waals surface area contributed by atoms with Crippen molar-refractivity contribution in [1.29, 1.82) is 0 Å². The molecule has 2 fully saturated rings. The molecule has 8 heteroatoms. The smallest absolute Gasteiger partial charge is 0.412 e. The third-order valence-corrected chi connectivity index (χ3v) is 7.90. The van der Waals surface area contributed by atoms with Crippen LogP contribution in [0.3, 0.4) is 0 Å². The molecule has 204 valence electrons. The van der Waals surface area contributed by atoms with Crippen molar-refractivity contribution >= 4 is 29.1 Å². The topological polar surface area (TPSA) is 99.9 Å². The normalized spacial score (nSPS) is 20.8. The highest BCUT2D eigenvalue weighted by Crippen LogP contribution is 2.51. The van der Waals surface area contributed by atoms with E-state index in [2.05, 4.69) is 34.4 Å². The summed E-state index contributed by atoms with van der Waals surface area (Å²) in [5, 5.41) is 5.86. The van der Waals surface area contributed by atoms with E-state index in [0.717, 1.165) is 50.3 Å². The van der Waals surface area contributed by atoms with E-state index in [1.54, 1.807) is 12.1 Å². The number of benzene rings is 3. The maximum atomic E-state index is 13.2. The molecule has 1 saturated carbocycles. The van der Waals surface area contributed by atoms with Crippen LogP contribution < -0.4 is 21.3 Å². The summed E-state index contributed by atoms with van der Waals surface area (Å²) in [5.41, 5.74) is 11.0. The lowest BCUT2D eigenvalue weighted by molar-refractivity contribution is 0.102. The van der Waals surface area contributed by atoms with Crippen LogP contribution in [-0.2, 0) is 11.3 Å². The zero-order chi connectivity index (χ0) is 27.4. The molecule has 1 saturated heterocycles. The van der Waals surface area contributed by atoms with Crippen molar-refractivity contribution in [3.63, 3.8) is 0 Å². The average molecular weight is 528 g/mol. The lowest BCUT2D eigenvalue weighted by atomic mass is 10.0. The van der Waals surface area contributed by atoms with Gasteiger partial charge in [0.05, 0.1) is 11.4 Å². The van der Waals surface area contributed by atoms with E-state index in [1.807, 2.05) is 60.7 Å². The fourth-order valence-electron chi connectivity index (χ4n) is 5.13. The van der Waals surface area contributed by atoms with Crippen LogP contribution in [0, 0.1) is 0 Å². The Balaban J connectivity index is 1.29. The molecule has 0 radical (unpaired) electrons. The van der Waals surface area contributed by atoms with Crippen molar-refractivity contribution in [3.8, 4) is 0 Å². The summed E-state index contributed by atoms with van der Waals surface area (Å²) < 4.78 is 5.46. The summed E-state index contributed by atoms with van der Waals surface area (Å²) in [6.07, 6.45) is 1.39. The SMILES string of the molecule is CCC1(N)CC1c1ccc(NC(=O)c2ccc(N3CCN(C)CC3)c(NC(=O)OCc3ccccc3)c2)cc1. The van der Waals surface area contributed by atoms with Gasteiger partial charge in [-0.05, 0) is 61.3 Å². The second-order valence-electron chi connectivity index (χ2n) is 10.6. The summed E-state index contributed by atoms with van der Waals surface area (Å²) in [4.78, 5) is 30.4. The van der Waals surface area contributed by atoms with Crippen molar-refractivity contribution in [3.05, 3.63) is 89.5 Å². The largest absolute Gasteiger partial charge is 0.444 e. The lowest BCUT2D eigenvalue weighted by Crippen LogP contribution is -2.44. The van der Waals surface area contributed by atoms with Gasteiger partial charge in [0.2, 0.25) is 0 Å². The number of nitrogens with two attached hydrogens (primary N) is 1. The highest BCUT2D eigenvalue weighted by molar-refractivity contribution is 6.06. The van der Waals surface area contributed by atoms with Gasteiger partial charge < -0.3 is 25.6 Å². The zero-order valence-electron chi connectivity index (χ0n) is 22.7. The predicted octanol–water partition coefficient (Wildman–Crippen LogP) is 5.03. The molecule has 2 unspecified atom stereocenters. The Morgan fingerprint density at radius 1 is 0.974 bits per heavy atom. The third kappa shape index (κ3) is 6.41. The molecule has 8 nitrogen and oxygen atoms in total. The number of carbonyl (C=O) groups excluding carboxylic acids is 2. The maximum absolute atomic E-state index is 13.2.